The van der Waals surface area contributed by atoms with Crippen LogP contribution in [0.25, 0.3) is 0 Å². The molecule has 1 heterocycles. The Balaban J connectivity index is 1.80. The van der Waals surface area contributed by atoms with Crippen LogP contribution in [0, 0.1) is 0 Å². The first-order valence-corrected chi connectivity index (χ1v) is 6.82. The molecular weight excluding hydrogens is 296 g/mol. The smallest absolute Gasteiger partial charge is 0.337 e. The van der Waals surface area contributed by atoms with Gasteiger partial charge in [-0.15, -0.1) is 0 Å². The van der Waals surface area contributed by atoms with Crippen molar-refractivity contribution < 1.29 is 19.1 Å². The molecule has 0 saturated heterocycles. The Morgan fingerprint density at radius 2 is 1.57 bits per heavy atom. The number of hydrogen-bond donors (Lipinski definition) is 0. The number of ether oxygens (including phenoxy) is 1. The number of fused-ring (bicyclic) bond motifs is 1. The van der Waals surface area contributed by atoms with Gasteiger partial charge in [0.05, 0.1) is 30.0 Å². The molecule has 2 aromatic carbocycles. The van der Waals surface area contributed by atoms with Crippen LogP contribution >= 0.6 is 0 Å². The van der Waals surface area contributed by atoms with Gasteiger partial charge in [0.2, 0.25) is 0 Å². The molecule has 0 unspecified atom stereocenters. The van der Waals surface area contributed by atoms with Gasteiger partial charge in [0, 0.05) is 0 Å². The molecule has 2 amide bonds. The molecule has 0 bridgehead atoms. The highest BCUT2D eigenvalue weighted by Crippen LogP contribution is 2.22. The Kier molecular flexibility index (Phi) is 3.72. The zero-order chi connectivity index (χ0) is 16.4. The van der Waals surface area contributed by atoms with E-state index in [1.807, 2.05) is 0 Å². The van der Waals surface area contributed by atoms with E-state index in [2.05, 4.69) is 9.84 Å². The first kappa shape index (κ1) is 14.6. The van der Waals surface area contributed by atoms with Crippen LogP contribution in [0.4, 0.5) is 0 Å². The zero-order valence-electron chi connectivity index (χ0n) is 12.2. The van der Waals surface area contributed by atoms with Gasteiger partial charge in [-0.05, 0) is 29.8 Å². The Bertz CT molecular complexity index is 790. The topological polar surface area (TPSA) is 76.0 Å². The quantitative estimate of drug-likeness (QED) is 0.494. The third-order valence-corrected chi connectivity index (χ3v) is 3.43. The summed E-state index contributed by atoms with van der Waals surface area (Å²) in [7, 11) is 1.31. The van der Waals surface area contributed by atoms with Gasteiger partial charge in [-0.3, -0.25) is 9.59 Å². The number of nitrogens with zero attached hydrogens (tertiary/aromatic N) is 2. The summed E-state index contributed by atoms with van der Waals surface area (Å²) < 4.78 is 4.61. The lowest BCUT2D eigenvalue weighted by atomic mass is 10.1. The monoisotopic (exact) mass is 308 g/mol. The second kappa shape index (κ2) is 5.84. The third kappa shape index (κ3) is 2.62. The Labute approximate surface area is 132 Å². The van der Waals surface area contributed by atoms with Crippen molar-refractivity contribution in [1.29, 1.82) is 0 Å². The molecule has 0 N–H and O–H groups in total. The summed E-state index contributed by atoms with van der Waals surface area (Å²) in [5.41, 5.74) is 1.74. The lowest BCUT2D eigenvalue weighted by molar-refractivity contribution is 0.0598. The summed E-state index contributed by atoms with van der Waals surface area (Å²) in [5, 5.41) is 4.79. The minimum absolute atomic E-state index is 0.343. The predicted molar refractivity (Wildman–Crippen MR) is 82.3 cm³/mol. The minimum Gasteiger partial charge on any atom is -0.465 e. The van der Waals surface area contributed by atoms with Crippen LogP contribution in [0.5, 0.6) is 0 Å². The molecule has 1 aliphatic heterocycles. The van der Waals surface area contributed by atoms with Gasteiger partial charge in [-0.25, -0.2) is 4.79 Å². The number of esters is 1. The van der Waals surface area contributed by atoms with Crippen molar-refractivity contribution in [3.8, 4) is 0 Å². The van der Waals surface area contributed by atoms with E-state index in [1.54, 1.807) is 48.5 Å². The number of hydrogen-bond acceptors (Lipinski definition) is 5. The molecule has 0 spiro atoms. The molecule has 6 heteroatoms. The van der Waals surface area contributed by atoms with Gasteiger partial charge in [0.25, 0.3) is 11.8 Å². The van der Waals surface area contributed by atoms with Crippen LogP contribution in [0.1, 0.15) is 36.6 Å². The van der Waals surface area contributed by atoms with Crippen molar-refractivity contribution in [1.82, 2.24) is 5.01 Å². The van der Waals surface area contributed by atoms with Crippen molar-refractivity contribution in [3.63, 3.8) is 0 Å². The number of benzene rings is 2. The molecule has 23 heavy (non-hydrogen) atoms. The van der Waals surface area contributed by atoms with E-state index < -0.39 is 17.8 Å². The molecule has 0 atom stereocenters. The molecular formula is C17H12N2O4. The van der Waals surface area contributed by atoms with Crippen molar-refractivity contribution in [3.05, 3.63) is 70.8 Å². The van der Waals surface area contributed by atoms with Gasteiger partial charge >= 0.3 is 5.97 Å². The lowest BCUT2D eigenvalue weighted by Gasteiger charge is -2.05. The minimum atomic E-state index is -0.451. The fraction of sp³-hybridized carbons (Fsp3) is 0.0588. The molecule has 3 rings (SSSR count). The Hall–Kier alpha value is -3.28. The molecule has 0 radical (unpaired) electrons. The van der Waals surface area contributed by atoms with Gasteiger partial charge in [0.15, 0.2) is 0 Å². The van der Waals surface area contributed by atoms with Gasteiger partial charge in [-0.2, -0.15) is 10.1 Å². The Morgan fingerprint density at radius 1 is 1.00 bits per heavy atom. The van der Waals surface area contributed by atoms with Gasteiger partial charge in [0.1, 0.15) is 0 Å². The van der Waals surface area contributed by atoms with E-state index in [9.17, 15) is 14.4 Å². The van der Waals surface area contributed by atoms with E-state index in [1.165, 1.54) is 13.3 Å². The van der Waals surface area contributed by atoms with Crippen LogP contribution in [-0.4, -0.2) is 36.1 Å². The van der Waals surface area contributed by atoms with Crippen LogP contribution < -0.4 is 0 Å². The van der Waals surface area contributed by atoms with Crippen LogP contribution in [0.2, 0.25) is 0 Å². The highest BCUT2D eigenvalue weighted by Gasteiger charge is 2.35. The first-order chi connectivity index (χ1) is 11.1. The van der Waals surface area contributed by atoms with Crippen molar-refractivity contribution in [2.24, 2.45) is 5.10 Å². The second-order valence-electron chi connectivity index (χ2n) is 4.83. The summed E-state index contributed by atoms with van der Waals surface area (Å²) in [6, 6.07) is 13.0. The average Bonchev–Trinajstić information content (AvgIpc) is 2.84. The van der Waals surface area contributed by atoms with Crippen LogP contribution in [0.3, 0.4) is 0 Å². The van der Waals surface area contributed by atoms with E-state index in [-0.39, 0.29) is 0 Å². The number of amides is 2. The summed E-state index contributed by atoms with van der Waals surface area (Å²) >= 11 is 0. The molecule has 0 saturated carbocycles. The normalized spacial score (nSPS) is 13.5. The maximum Gasteiger partial charge on any atom is 0.337 e. The van der Waals surface area contributed by atoms with E-state index in [0.29, 0.717) is 22.3 Å². The van der Waals surface area contributed by atoms with Crippen molar-refractivity contribution in [2.75, 3.05) is 7.11 Å². The Morgan fingerprint density at radius 3 is 2.09 bits per heavy atom. The predicted octanol–water partition coefficient (Wildman–Crippen LogP) is 2.10. The van der Waals surface area contributed by atoms with E-state index >= 15 is 0 Å². The number of hydrazone groups is 1. The zero-order valence-corrected chi connectivity index (χ0v) is 12.2. The summed E-state index contributed by atoms with van der Waals surface area (Å²) in [6.07, 6.45) is 1.39. The number of carbonyl (C=O) groups is 3. The molecule has 0 aliphatic carbocycles. The van der Waals surface area contributed by atoms with E-state index in [0.717, 1.165) is 5.01 Å². The standard InChI is InChI=1S/C17H12N2O4/c1-23-17(22)12-8-6-11(7-9-12)10-18-19-15(20)13-4-2-3-5-14(13)16(19)21/h2-10H,1H3/b18-10+. The maximum atomic E-state index is 12.1. The SMILES string of the molecule is COC(=O)c1ccc(/C=N/N2C(=O)c3ccccc3C2=O)cc1. The lowest BCUT2D eigenvalue weighted by Crippen LogP contribution is -2.23. The fourth-order valence-corrected chi connectivity index (χ4v) is 2.23. The average molecular weight is 308 g/mol. The van der Waals surface area contributed by atoms with Gasteiger partial charge < -0.3 is 4.74 Å². The van der Waals surface area contributed by atoms with Gasteiger partial charge in [-0.1, -0.05) is 24.3 Å². The number of carbonyl (C=O) groups excluding carboxylic acids is 3. The molecule has 1 aliphatic rings. The molecule has 114 valence electrons. The molecule has 6 nitrogen and oxygen atoms in total. The number of methoxy groups -OCH3 is 1. The van der Waals surface area contributed by atoms with Crippen LogP contribution in [-0.2, 0) is 4.74 Å². The van der Waals surface area contributed by atoms with Crippen LogP contribution in [0.15, 0.2) is 53.6 Å². The maximum absolute atomic E-state index is 12.1. The number of imide groups is 1. The summed E-state index contributed by atoms with van der Waals surface area (Å²) in [6.45, 7) is 0. The largest absolute Gasteiger partial charge is 0.465 e. The first-order valence-electron chi connectivity index (χ1n) is 6.82. The molecule has 0 aromatic heterocycles. The summed E-state index contributed by atoms with van der Waals surface area (Å²) in [5.74, 6) is -1.34. The van der Waals surface area contributed by atoms with Crippen molar-refractivity contribution in [2.45, 2.75) is 0 Å². The molecule has 0 fully saturated rings. The number of rotatable bonds is 3. The van der Waals surface area contributed by atoms with Crippen molar-refractivity contribution >= 4 is 24.0 Å². The molecule has 2 aromatic rings. The second-order valence-corrected chi connectivity index (χ2v) is 4.83. The fourth-order valence-electron chi connectivity index (χ4n) is 2.23. The summed E-state index contributed by atoms with van der Waals surface area (Å²) in [4.78, 5) is 35.6. The highest BCUT2D eigenvalue weighted by molar-refractivity contribution is 6.21. The third-order valence-electron chi connectivity index (χ3n) is 3.43. The van der Waals surface area contributed by atoms with E-state index in [4.69, 9.17) is 0 Å². The highest BCUT2D eigenvalue weighted by atomic mass is 16.5.